The number of aliphatic hydroxyl groups is 2. The number of imidazole rings is 1. The van der Waals surface area contributed by atoms with Gasteiger partial charge in [0.05, 0.1) is 12.9 Å². The van der Waals surface area contributed by atoms with Gasteiger partial charge in [0.15, 0.2) is 11.9 Å². The van der Waals surface area contributed by atoms with E-state index < -0.39 is 52.7 Å². The summed E-state index contributed by atoms with van der Waals surface area (Å²) in [6.07, 6.45) is -5.01. The molecule has 0 radical (unpaired) electrons. The first kappa shape index (κ1) is 28.3. The number of hydrogen-bond acceptors (Lipinski definition) is 13. The summed E-state index contributed by atoms with van der Waals surface area (Å²) in [7, 11) is -10.8. The van der Waals surface area contributed by atoms with Crippen LogP contribution in [0.4, 0.5) is 5.95 Å². The maximum Gasteiger partial charge on any atom is 1.00 e. The van der Waals surface area contributed by atoms with E-state index in [9.17, 15) is 34.2 Å². The number of nitrogen functional groups attached to an aromatic ring is 1. The Kier molecular flexibility index (Phi) is 9.90. The number of nitrogens with two attached hydrogens (primary N) is 1. The first-order valence-corrected chi connectivity index (χ1v) is 10.3. The van der Waals surface area contributed by atoms with Gasteiger partial charge in [-0.25, -0.2) is 18.8 Å². The van der Waals surface area contributed by atoms with Gasteiger partial charge in [-0.1, -0.05) is 0 Å². The summed E-state index contributed by atoms with van der Waals surface area (Å²) in [4.78, 5) is 39.2. The molecule has 0 amide bonds. The van der Waals surface area contributed by atoms with Crippen LogP contribution in [0.3, 0.4) is 0 Å². The summed E-state index contributed by atoms with van der Waals surface area (Å²) in [5.41, 5.74) is 5.13. The van der Waals surface area contributed by atoms with Crippen LogP contribution in [0.2, 0.25) is 0 Å². The molecule has 156 valence electrons. The normalized spacial score (nSPS) is 27.6. The predicted octanol–water partition coefficient (Wildman–Crippen LogP) is -9.30. The molecule has 3 unspecified atom stereocenters. The molecule has 2 aromatic heterocycles. The van der Waals surface area contributed by atoms with Gasteiger partial charge in [0.1, 0.15) is 23.8 Å². The van der Waals surface area contributed by atoms with Crippen LogP contribution >= 0.6 is 15.6 Å². The van der Waals surface area contributed by atoms with Crippen LogP contribution in [-0.2, 0) is 22.7 Å². The van der Waals surface area contributed by atoms with Gasteiger partial charge < -0.3 is 40.5 Å². The molecule has 1 aliphatic rings. The fourth-order valence-electron chi connectivity index (χ4n) is 2.51. The number of ether oxygens (including phenoxy) is 1. The van der Waals surface area contributed by atoms with E-state index in [2.05, 4.69) is 23.8 Å². The monoisotopic (exact) mass is 487 g/mol. The van der Waals surface area contributed by atoms with E-state index in [0.717, 1.165) is 10.9 Å². The molecule has 1 aliphatic heterocycles. The number of nitrogens with zero attached hydrogens (tertiary/aromatic N) is 4. The van der Waals surface area contributed by atoms with E-state index in [1.165, 1.54) is 0 Å². The molecule has 6 atom stereocenters. The third-order valence-corrected chi connectivity index (χ3v) is 5.75. The summed E-state index contributed by atoms with van der Waals surface area (Å²) in [5, 5.41) is 32.0. The third-order valence-electron chi connectivity index (χ3n) is 3.63. The van der Waals surface area contributed by atoms with Crippen molar-refractivity contribution in [1.82, 2.24) is 19.5 Å². The van der Waals surface area contributed by atoms with Crippen LogP contribution in [0.1, 0.15) is 6.23 Å². The standard InChI is InChI=1S/C10H15N5O11P2.2Na/c11-10-13-7-4(8(18)14-10)12-2-15(7)9-6(17)5(16)3(25-9)1-24-28(22,23)26-27(19,20)21;;/h2-3,5-6,9,16-17H,1H2,(H,22,23)(H2,19,20,21)(H3,11,13,14,18);;/q;2*+1/p-2/t3?,5-,6-,9-;;/m1../s1. The van der Waals surface area contributed by atoms with E-state index in [-0.39, 0.29) is 76.2 Å². The molecule has 3 heterocycles. The molecule has 0 aliphatic carbocycles. The first-order valence-electron chi connectivity index (χ1n) is 7.29. The van der Waals surface area contributed by atoms with Crippen LogP contribution in [0.15, 0.2) is 6.33 Å². The topological polar surface area (TPSA) is 258 Å². The average Bonchev–Trinajstić information content (AvgIpc) is 3.06. The molecule has 20 heteroatoms. The van der Waals surface area contributed by atoms with E-state index in [4.69, 9.17) is 15.4 Å². The van der Waals surface area contributed by atoms with Crippen molar-refractivity contribution >= 4 is 32.8 Å². The number of aromatic nitrogens is 4. The van der Waals surface area contributed by atoms with E-state index in [1.807, 2.05) is 0 Å². The van der Waals surface area contributed by atoms with Crippen molar-refractivity contribution < 1.29 is 112 Å². The number of aliphatic hydroxyl groups excluding tert-OH is 2. The van der Waals surface area contributed by atoms with E-state index in [0.29, 0.717) is 0 Å². The minimum atomic E-state index is -5.57. The van der Waals surface area contributed by atoms with Crippen molar-refractivity contribution in [1.29, 1.82) is 0 Å². The largest absolute Gasteiger partial charge is 1.00 e. The zero-order valence-corrected chi connectivity index (χ0v) is 21.3. The van der Waals surface area contributed by atoms with Crippen molar-refractivity contribution in [2.24, 2.45) is 0 Å². The molecule has 0 bridgehead atoms. The number of fused-ring (bicyclic) bond motifs is 1. The first-order chi connectivity index (χ1) is 12.9. The van der Waals surface area contributed by atoms with Gasteiger partial charge in [0.2, 0.25) is 5.95 Å². The molecule has 6 N–H and O–H groups in total. The van der Waals surface area contributed by atoms with E-state index >= 15 is 0 Å². The van der Waals surface area contributed by atoms with Gasteiger partial charge in [-0.3, -0.25) is 13.7 Å². The van der Waals surface area contributed by atoms with Crippen LogP contribution in [0.5, 0.6) is 5.88 Å². The fourth-order valence-corrected chi connectivity index (χ4v) is 4.08. The van der Waals surface area contributed by atoms with Crippen molar-refractivity contribution in [2.45, 2.75) is 24.5 Å². The summed E-state index contributed by atoms with van der Waals surface area (Å²) in [5.74, 6) is -1.14. The molecule has 30 heavy (non-hydrogen) atoms. The van der Waals surface area contributed by atoms with Crippen LogP contribution in [0, 0.1) is 0 Å². The Morgan fingerprint density at radius 2 is 1.87 bits per heavy atom. The van der Waals surface area contributed by atoms with Crippen LogP contribution in [-0.4, -0.2) is 64.4 Å². The zero-order valence-electron chi connectivity index (χ0n) is 15.5. The van der Waals surface area contributed by atoms with Gasteiger partial charge in [-0.15, -0.1) is 0 Å². The van der Waals surface area contributed by atoms with Gasteiger partial charge in [-0.2, -0.15) is 4.98 Å². The van der Waals surface area contributed by atoms with E-state index in [1.54, 1.807) is 0 Å². The summed E-state index contributed by atoms with van der Waals surface area (Å²) in [6.45, 7) is -0.904. The molecular formula is C10H13N5Na2O11P2. The smallest absolute Gasteiger partial charge is 0.857 e. The van der Waals surface area contributed by atoms with Gasteiger partial charge in [-0.05, 0) is 0 Å². The number of phosphoric ester groups is 1. The van der Waals surface area contributed by atoms with Crippen molar-refractivity contribution in [2.75, 3.05) is 12.3 Å². The Labute approximate surface area is 211 Å². The minimum Gasteiger partial charge on any atom is -0.857 e. The summed E-state index contributed by atoms with van der Waals surface area (Å²) < 4.78 is 36.2. The van der Waals surface area contributed by atoms with Crippen LogP contribution < -0.4 is 74.8 Å². The summed E-state index contributed by atoms with van der Waals surface area (Å²) in [6, 6.07) is 0. The maximum atomic E-state index is 11.7. The molecule has 2 aromatic rings. The van der Waals surface area contributed by atoms with Gasteiger partial charge in [0, 0.05) is 5.88 Å². The Balaban J connectivity index is 0.00000225. The second kappa shape index (κ2) is 10.5. The number of hydrogen-bond donors (Lipinski definition) is 5. The van der Waals surface area contributed by atoms with Crippen LogP contribution in [0.25, 0.3) is 11.2 Å². The predicted molar refractivity (Wildman–Crippen MR) is 81.8 cm³/mol. The van der Waals surface area contributed by atoms with Gasteiger partial charge >= 0.3 is 66.9 Å². The maximum absolute atomic E-state index is 11.7. The second-order valence-corrected chi connectivity index (χ2v) is 8.36. The van der Waals surface area contributed by atoms with Crippen molar-refractivity contribution in [3.63, 3.8) is 0 Å². The Morgan fingerprint density at radius 3 is 2.47 bits per heavy atom. The molecular weight excluding hydrogens is 474 g/mol. The summed E-state index contributed by atoms with van der Waals surface area (Å²) >= 11 is 0. The number of rotatable bonds is 6. The molecule has 0 aromatic carbocycles. The van der Waals surface area contributed by atoms with Crippen molar-refractivity contribution in [3.8, 4) is 5.88 Å². The average molecular weight is 487 g/mol. The SMILES string of the molecule is Nc1nc([O-])c2ncn([C@@H]3OC(COP(=O)(O)OP(=O)([O-])O)[C@@H](O)[C@H]3O)c2n1.[Na+].[Na+]. The number of anilines is 1. The van der Waals surface area contributed by atoms with Gasteiger partial charge in [0.25, 0.3) is 7.82 Å². The fraction of sp³-hybridized carbons (Fsp3) is 0.500. The third kappa shape index (κ3) is 6.42. The molecule has 16 nitrogen and oxygen atoms in total. The molecule has 1 saturated heterocycles. The quantitative estimate of drug-likeness (QED) is 0.187. The Hall–Kier alpha value is 0.290. The Bertz CT molecular complexity index is 989. The minimum absolute atomic E-state index is 0. The molecule has 1 fully saturated rings. The molecule has 3 rings (SSSR count). The Morgan fingerprint density at radius 1 is 1.23 bits per heavy atom. The van der Waals surface area contributed by atoms with Crippen molar-refractivity contribution in [3.05, 3.63) is 6.33 Å². The number of phosphoric acid groups is 2. The molecule has 0 spiro atoms. The second-order valence-electron chi connectivity index (χ2n) is 5.57. The zero-order chi connectivity index (χ0) is 20.9. The molecule has 0 saturated carbocycles.